The zero-order valence-electron chi connectivity index (χ0n) is 10.7. The van der Waals surface area contributed by atoms with E-state index < -0.39 is 18.1 Å². The molecule has 0 aliphatic heterocycles. The molecule has 118 valence electrons. The quantitative estimate of drug-likeness (QED) is 0.861. The maximum atomic E-state index is 12.0. The van der Waals surface area contributed by atoms with E-state index in [4.69, 9.17) is 5.11 Å². The highest BCUT2D eigenvalue weighted by molar-refractivity contribution is 7.14. The highest BCUT2D eigenvalue weighted by atomic mass is 32.1. The van der Waals surface area contributed by atoms with Crippen LogP contribution >= 0.6 is 22.7 Å². The number of carboxylic acid groups (broad SMARTS) is 1. The van der Waals surface area contributed by atoms with Gasteiger partial charge in [0, 0.05) is 23.7 Å². The second kappa shape index (κ2) is 6.40. The summed E-state index contributed by atoms with van der Waals surface area (Å²) in [4.78, 5) is 29.4. The minimum atomic E-state index is -4.90. The highest BCUT2D eigenvalue weighted by Crippen LogP contribution is 2.25. The molecule has 0 aliphatic carbocycles. The lowest BCUT2D eigenvalue weighted by molar-refractivity contribution is -0.173. The summed E-state index contributed by atoms with van der Waals surface area (Å²) in [5.41, 5.74) is 0.367. The highest BCUT2D eigenvalue weighted by Gasteiger charge is 2.38. The molecule has 0 spiro atoms. The Morgan fingerprint density at radius 1 is 1.23 bits per heavy atom. The van der Waals surface area contributed by atoms with E-state index in [1.807, 2.05) is 0 Å². The minimum absolute atomic E-state index is 0.0907. The maximum absolute atomic E-state index is 12.0. The van der Waals surface area contributed by atoms with Crippen molar-refractivity contribution < 1.29 is 27.9 Å². The largest absolute Gasteiger partial charge is 0.476 e. The molecule has 0 aromatic carbocycles. The van der Waals surface area contributed by atoms with Gasteiger partial charge in [-0.25, -0.2) is 14.8 Å². The summed E-state index contributed by atoms with van der Waals surface area (Å²) in [6.07, 6.45) is -4.76. The van der Waals surface area contributed by atoms with Crippen molar-refractivity contribution in [1.29, 1.82) is 0 Å². The van der Waals surface area contributed by atoms with Gasteiger partial charge in [0.25, 0.3) is 0 Å². The van der Waals surface area contributed by atoms with Crippen molar-refractivity contribution in [3.05, 3.63) is 21.5 Å². The van der Waals surface area contributed by atoms with Gasteiger partial charge in [-0.3, -0.25) is 4.79 Å². The molecule has 11 heteroatoms. The van der Waals surface area contributed by atoms with Crippen LogP contribution in [0.4, 0.5) is 13.2 Å². The van der Waals surface area contributed by atoms with E-state index in [0.29, 0.717) is 15.7 Å². The van der Waals surface area contributed by atoms with Gasteiger partial charge in [-0.2, -0.15) is 13.2 Å². The van der Waals surface area contributed by atoms with E-state index in [2.05, 4.69) is 9.97 Å². The molecule has 0 aliphatic rings. The van der Waals surface area contributed by atoms with E-state index >= 15 is 0 Å². The van der Waals surface area contributed by atoms with Gasteiger partial charge in [-0.15, -0.1) is 22.7 Å². The molecule has 0 unspecified atom stereocenters. The van der Waals surface area contributed by atoms with Crippen molar-refractivity contribution >= 4 is 34.6 Å². The van der Waals surface area contributed by atoms with Crippen LogP contribution in [0, 0.1) is 0 Å². The normalized spacial score (nSPS) is 11.4. The summed E-state index contributed by atoms with van der Waals surface area (Å²) in [6.45, 7) is -0.191. The Morgan fingerprint density at radius 2 is 1.95 bits per heavy atom. The molecule has 0 bridgehead atoms. The van der Waals surface area contributed by atoms with Crippen LogP contribution in [0.1, 0.15) is 15.5 Å². The number of halogens is 3. The lowest BCUT2D eigenvalue weighted by Crippen LogP contribution is -2.37. The van der Waals surface area contributed by atoms with E-state index in [-0.39, 0.29) is 18.7 Å². The summed E-state index contributed by atoms with van der Waals surface area (Å²) in [7, 11) is 0. The van der Waals surface area contributed by atoms with Gasteiger partial charge in [-0.05, 0) is 0 Å². The second-order valence-electron chi connectivity index (χ2n) is 3.97. The molecule has 1 amide bonds. The number of amides is 1. The zero-order chi connectivity index (χ0) is 16.3. The number of nitrogens with zero attached hydrogens (tertiary/aromatic N) is 2. The number of hydrogen-bond acceptors (Lipinski definition) is 6. The van der Waals surface area contributed by atoms with Crippen molar-refractivity contribution in [1.82, 2.24) is 15.3 Å². The molecule has 22 heavy (non-hydrogen) atoms. The molecular formula is C11H8F3N3O3S2. The van der Waals surface area contributed by atoms with E-state index in [9.17, 15) is 22.8 Å². The number of hydrogen-bond donors (Lipinski definition) is 2. The van der Waals surface area contributed by atoms with Gasteiger partial charge in [0.1, 0.15) is 10.7 Å². The predicted octanol–water partition coefficient (Wildman–Crippen LogP) is 2.19. The first kappa shape index (κ1) is 16.4. The molecule has 6 nitrogen and oxygen atoms in total. The van der Waals surface area contributed by atoms with Crippen LogP contribution < -0.4 is 5.32 Å². The average Bonchev–Trinajstić information content (AvgIpc) is 3.05. The van der Waals surface area contributed by atoms with E-state index in [1.54, 1.807) is 10.7 Å². The molecule has 0 atom stereocenters. The third kappa shape index (κ3) is 4.01. The third-order valence-corrected chi connectivity index (χ3v) is 4.15. The number of alkyl halides is 3. The molecule has 2 aromatic rings. The van der Waals surface area contributed by atoms with Gasteiger partial charge >= 0.3 is 18.1 Å². The monoisotopic (exact) mass is 351 g/mol. The molecule has 0 radical (unpaired) electrons. The Hall–Kier alpha value is -2.01. The van der Waals surface area contributed by atoms with Crippen molar-refractivity contribution in [2.45, 2.75) is 12.6 Å². The second-order valence-corrected chi connectivity index (χ2v) is 5.77. The number of rotatable bonds is 5. The Morgan fingerprint density at radius 3 is 2.55 bits per heavy atom. The van der Waals surface area contributed by atoms with Crippen LogP contribution in [-0.4, -0.2) is 39.7 Å². The van der Waals surface area contributed by atoms with Crippen molar-refractivity contribution in [2.75, 3.05) is 6.54 Å². The summed E-state index contributed by atoms with van der Waals surface area (Å²) in [5.74, 6) is -3.14. The van der Waals surface area contributed by atoms with Gasteiger partial charge in [-0.1, -0.05) is 0 Å². The van der Waals surface area contributed by atoms with Crippen molar-refractivity contribution in [3.63, 3.8) is 0 Å². The molecule has 0 saturated heterocycles. The smallest absolute Gasteiger partial charge is 0.471 e. The van der Waals surface area contributed by atoms with Crippen LogP contribution in [0.2, 0.25) is 0 Å². The Balaban J connectivity index is 1.94. The number of carboxylic acids is 1. The summed E-state index contributed by atoms with van der Waals surface area (Å²) in [6, 6.07) is 0. The summed E-state index contributed by atoms with van der Waals surface area (Å²) in [5, 5.41) is 14.5. The number of aromatic nitrogens is 2. The average molecular weight is 351 g/mol. The molecule has 0 saturated carbocycles. The Labute approximate surface area is 129 Å². The fraction of sp³-hybridized carbons (Fsp3) is 0.273. The van der Waals surface area contributed by atoms with Crippen LogP contribution in [0.15, 0.2) is 10.8 Å². The number of carbonyl (C=O) groups is 2. The number of nitrogens with one attached hydrogen (secondary N) is 1. The molecule has 2 aromatic heterocycles. The number of carbonyl (C=O) groups excluding carboxylic acids is 1. The molecule has 2 heterocycles. The fourth-order valence-corrected chi connectivity index (χ4v) is 3.01. The summed E-state index contributed by atoms with van der Waals surface area (Å²) < 4.78 is 36.0. The molecule has 0 fully saturated rings. The minimum Gasteiger partial charge on any atom is -0.476 e. The predicted molar refractivity (Wildman–Crippen MR) is 73.0 cm³/mol. The Kier molecular flexibility index (Phi) is 4.76. The van der Waals surface area contributed by atoms with Crippen LogP contribution in [0.25, 0.3) is 10.7 Å². The standard InChI is InChI=1S/C11H8F3N3O3S2/c12-11(13,14)10(20)15-2-1-7-16-5(3-21-7)8-17-6(4-22-8)9(18)19/h3-4H,1-2H2,(H,15,20)(H,18,19). The van der Waals surface area contributed by atoms with Gasteiger partial charge in [0.05, 0.1) is 5.01 Å². The lowest BCUT2D eigenvalue weighted by Gasteiger charge is -2.06. The van der Waals surface area contributed by atoms with Crippen molar-refractivity contribution in [2.24, 2.45) is 0 Å². The van der Waals surface area contributed by atoms with Gasteiger partial charge < -0.3 is 10.4 Å². The molecule has 2 N–H and O–H groups in total. The third-order valence-electron chi connectivity index (χ3n) is 2.38. The lowest BCUT2D eigenvalue weighted by atomic mass is 10.4. The van der Waals surface area contributed by atoms with Gasteiger partial charge in [0.15, 0.2) is 5.69 Å². The Bertz CT molecular complexity index is 696. The van der Waals surface area contributed by atoms with Gasteiger partial charge in [0.2, 0.25) is 0 Å². The van der Waals surface area contributed by atoms with Crippen LogP contribution in [-0.2, 0) is 11.2 Å². The SMILES string of the molecule is O=C(O)c1csc(-c2csc(CCNC(=O)C(F)(F)F)n2)n1. The van der Waals surface area contributed by atoms with E-state index in [0.717, 1.165) is 11.3 Å². The number of thiazole rings is 2. The maximum Gasteiger partial charge on any atom is 0.471 e. The summed E-state index contributed by atoms with van der Waals surface area (Å²) >= 11 is 2.31. The van der Waals surface area contributed by atoms with Crippen LogP contribution in [0.5, 0.6) is 0 Å². The first-order valence-corrected chi connectivity index (χ1v) is 7.52. The molecular weight excluding hydrogens is 343 g/mol. The molecule has 2 rings (SSSR count). The fourth-order valence-electron chi connectivity index (χ4n) is 1.40. The van der Waals surface area contributed by atoms with E-state index in [1.165, 1.54) is 16.7 Å². The first-order valence-electron chi connectivity index (χ1n) is 5.76. The topological polar surface area (TPSA) is 92.2 Å². The van der Waals surface area contributed by atoms with Crippen LogP contribution in [0.3, 0.4) is 0 Å². The first-order chi connectivity index (χ1) is 10.3. The van der Waals surface area contributed by atoms with Crippen molar-refractivity contribution in [3.8, 4) is 10.7 Å². The zero-order valence-corrected chi connectivity index (χ0v) is 12.3. The number of aromatic carboxylic acids is 1.